The van der Waals surface area contributed by atoms with Crippen LogP contribution in [0.4, 0.5) is 5.13 Å². The summed E-state index contributed by atoms with van der Waals surface area (Å²) in [7, 11) is 0. The molecule has 3 aromatic rings. The third-order valence-corrected chi connectivity index (χ3v) is 5.48. The maximum absolute atomic E-state index is 12.4. The summed E-state index contributed by atoms with van der Waals surface area (Å²) in [5.74, 6) is 0.299. The van der Waals surface area contributed by atoms with Gasteiger partial charge in [-0.05, 0) is 30.7 Å². The first-order valence-electron chi connectivity index (χ1n) is 7.99. The second-order valence-corrected chi connectivity index (χ2v) is 7.47. The zero-order chi connectivity index (χ0) is 19.4. The number of hydrogen-bond acceptors (Lipinski definition) is 5. The standard InChI is InChI=1S/C18H14Cl3N3O2S/c1-2-7-26-11-5-3-10(4-6-11)13-9-27-18(23-13)24-17(25)16-15(21)14(20)12(19)8-22-16/h3-6,8-9H,2,7H2,1H3,(H,23,24,25). The lowest BCUT2D eigenvalue weighted by Gasteiger charge is -2.06. The molecule has 5 nitrogen and oxygen atoms in total. The molecule has 0 fully saturated rings. The Morgan fingerprint density at radius 2 is 1.93 bits per heavy atom. The number of amides is 1. The SMILES string of the molecule is CCCOc1ccc(-c2csc(NC(=O)c3ncc(Cl)c(Cl)c3Cl)n2)cc1. The average Bonchev–Trinajstić information content (AvgIpc) is 3.13. The number of carbonyl (C=O) groups excluding carboxylic acids is 1. The van der Waals surface area contributed by atoms with Gasteiger partial charge in [-0.1, -0.05) is 41.7 Å². The van der Waals surface area contributed by atoms with E-state index in [2.05, 4.69) is 22.2 Å². The summed E-state index contributed by atoms with van der Waals surface area (Å²) in [6.07, 6.45) is 2.23. The fraction of sp³-hybridized carbons (Fsp3) is 0.167. The van der Waals surface area contributed by atoms with E-state index in [0.29, 0.717) is 11.7 Å². The Balaban J connectivity index is 1.72. The summed E-state index contributed by atoms with van der Waals surface area (Å²) in [5.41, 5.74) is 1.65. The third-order valence-electron chi connectivity index (χ3n) is 3.48. The second kappa shape index (κ2) is 8.89. The number of hydrogen-bond donors (Lipinski definition) is 1. The van der Waals surface area contributed by atoms with Crippen molar-refractivity contribution in [1.82, 2.24) is 9.97 Å². The van der Waals surface area contributed by atoms with Crippen molar-refractivity contribution < 1.29 is 9.53 Å². The van der Waals surface area contributed by atoms with Crippen LogP contribution in [0.25, 0.3) is 11.3 Å². The number of nitrogens with one attached hydrogen (secondary N) is 1. The van der Waals surface area contributed by atoms with Gasteiger partial charge < -0.3 is 4.74 Å². The van der Waals surface area contributed by atoms with Crippen molar-refractivity contribution in [2.75, 3.05) is 11.9 Å². The molecule has 2 aromatic heterocycles. The number of thiazole rings is 1. The average molecular weight is 443 g/mol. The molecule has 1 aromatic carbocycles. The van der Waals surface area contributed by atoms with Crippen LogP contribution in [0.15, 0.2) is 35.8 Å². The van der Waals surface area contributed by atoms with Gasteiger partial charge in [0, 0.05) is 17.1 Å². The lowest BCUT2D eigenvalue weighted by atomic mass is 10.2. The molecule has 2 heterocycles. The van der Waals surface area contributed by atoms with Crippen LogP contribution in [-0.4, -0.2) is 22.5 Å². The molecule has 0 bridgehead atoms. The maximum atomic E-state index is 12.4. The number of aromatic nitrogens is 2. The van der Waals surface area contributed by atoms with Crippen molar-refractivity contribution >= 4 is 57.2 Å². The normalized spacial score (nSPS) is 10.7. The predicted molar refractivity (Wildman–Crippen MR) is 111 cm³/mol. The number of rotatable bonds is 6. The van der Waals surface area contributed by atoms with Gasteiger partial charge in [0.2, 0.25) is 0 Å². The van der Waals surface area contributed by atoms with Gasteiger partial charge in [0.1, 0.15) is 11.4 Å². The Labute approximate surface area is 175 Å². The van der Waals surface area contributed by atoms with Crippen LogP contribution in [0, 0.1) is 0 Å². The zero-order valence-corrected chi connectivity index (χ0v) is 17.2. The third kappa shape index (κ3) is 4.71. The summed E-state index contributed by atoms with van der Waals surface area (Å²) in [6, 6.07) is 7.62. The second-order valence-electron chi connectivity index (χ2n) is 5.45. The molecule has 0 aliphatic carbocycles. The van der Waals surface area contributed by atoms with E-state index in [1.165, 1.54) is 17.5 Å². The van der Waals surface area contributed by atoms with Crippen LogP contribution in [-0.2, 0) is 0 Å². The van der Waals surface area contributed by atoms with E-state index in [1.807, 2.05) is 29.6 Å². The molecular weight excluding hydrogens is 429 g/mol. The monoisotopic (exact) mass is 441 g/mol. The van der Waals surface area contributed by atoms with Crippen LogP contribution in [0.3, 0.4) is 0 Å². The molecule has 0 radical (unpaired) electrons. The van der Waals surface area contributed by atoms with E-state index >= 15 is 0 Å². The first-order chi connectivity index (χ1) is 13.0. The van der Waals surface area contributed by atoms with Gasteiger partial charge in [-0.15, -0.1) is 11.3 Å². The topological polar surface area (TPSA) is 64.1 Å². The van der Waals surface area contributed by atoms with Crippen molar-refractivity contribution in [3.8, 4) is 17.0 Å². The van der Waals surface area contributed by atoms with Gasteiger partial charge in [0.15, 0.2) is 5.13 Å². The highest BCUT2D eigenvalue weighted by Gasteiger charge is 2.18. The summed E-state index contributed by atoms with van der Waals surface area (Å²) in [5, 5.41) is 5.21. The van der Waals surface area contributed by atoms with Gasteiger partial charge in [0.25, 0.3) is 5.91 Å². The van der Waals surface area contributed by atoms with Gasteiger partial charge in [-0.3, -0.25) is 10.1 Å². The molecule has 9 heteroatoms. The quantitative estimate of drug-likeness (QED) is 0.493. The van der Waals surface area contributed by atoms with Crippen LogP contribution in [0.2, 0.25) is 15.1 Å². The lowest BCUT2D eigenvalue weighted by Crippen LogP contribution is -2.14. The molecule has 0 aliphatic heterocycles. The fourth-order valence-electron chi connectivity index (χ4n) is 2.16. The van der Waals surface area contributed by atoms with Crippen molar-refractivity contribution in [3.63, 3.8) is 0 Å². The molecule has 0 spiro atoms. The number of nitrogens with zero attached hydrogens (tertiary/aromatic N) is 2. The maximum Gasteiger partial charge on any atom is 0.277 e. The molecule has 140 valence electrons. The number of benzene rings is 1. The first-order valence-corrected chi connectivity index (χ1v) is 10.0. The Hall–Kier alpha value is -1.86. The molecule has 0 aliphatic rings. The lowest BCUT2D eigenvalue weighted by molar-refractivity contribution is 0.102. The highest BCUT2D eigenvalue weighted by molar-refractivity contribution is 7.14. The number of anilines is 1. The van der Waals surface area contributed by atoms with Gasteiger partial charge in [-0.2, -0.15) is 0 Å². The molecule has 1 N–H and O–H groups in total. The van der Waals surface area contributed by atoms with E-state index < -0.39 is 5.91 Å². The van der Waals surface area contributed by atoms with Crippen LogP contribution < -0.4 is 10.1 Å². The van der Waals surface area contributed by atoms with Crippen molar-refractivity contribution in [3.05, 3.63) is 56.6 Å². The molecule has 1 amide bonds. The van der Waals surface area contributed by atoms with E-state index in [0.717, 1.165) is 23.4 Å². The minimum atomic E-state index is -0.511. The summed E-state index contributed by atoms with van der Waals surface area (Å²) in [4.78, 5) is 20.7. The molecule has 27 heavy (non-hydrogen) atoms. The van der Waals surface area contributed by atoms with Crippen LogP contribution in [0.1, 0.15) is 23.8 Å². The predicted octanol–water partition coefficient (Wildman–Crippen LogP) is 6.21. The van der Waals surface area contributed by atoms with Gasteiger partial charge in [0.05, 0.1) is 27.4 Å². The highest BCUT2D eigenvalue weighted by atomic mass is 35.5. The highest BCUT2D eigenvalue weighted by Crippen LogP contribution is 2.32. The number of carbonyl (C=O) groups is 1. The number of ether oxygens (including phenoxy) is 1. The molecule has 0 saturated carbocycles. The number of pyridine rings is 1. The zero-order valence-electron chi connectivity index (χ0n) is 14.1. The minimum absolute atomic E-state index is 0.00103. The Kier molecular flexibility index (Phi) is 6.55. The molecule has 3 rings (SSSR count). The van der Waals surface area contributed by atoms with E-state index in [1.54, 1.807) is 0 Å². The van der Waals surface area contributed by atoms with Crippen molar-refractivity contribution in [2.45, 2.75) is 13.3 Å². The van der Waals surface area contributed by atoms with E-state index in [9.17, 15) is 4.79 Å². The summed E-state index contributed by atoms with van der Waals surface area (Å²) in [6.45, 7) is 2.73. The van der Waals surface area contributed by atoms with Gasteiger partial charge in [-0.25, -0.2) is 9.97 Å². The van der Waals surface area contributed by atoms with Crippen LogP contribution >= 0.6 is 46.1 Å². The Morgan fingerprint density at radius 1 is 1.19 bits per heavy atom. The molecular formula is C18H14Cl3N3O2S. The van der Waals surface area contributed by atoms with Crippen molar-refractivity contribution in [2.24, 2.45) is 0 Å². The summed E-state index contributed by atoms with van der Waals surface area (Å²) >= 11 is 19.1. The van der Waals surface area contributed by atoms with Crippen LogP contribution in [0.5, 0.6) is 5.75 Å². The summed E-state index contributed by atoms with van der Waals surface area (Å²) < 4.78 is 5.57. The first kappa shape index (κ1) is 19.9. The van der Waals surface area contributed by atoms with E-state index in [-0.39, 0.29) is 20.8 Å². The Bertz CT molecular complexity index is 961. The minimum Gasteiger partial charge on any atom is -0.494 e. The Morgan fingerprint density at radius 3 is 2.63 bits per heavy atom. The smallest absolute Gasteiger partial charge is 0.277 e. The fourth-order valence-corrected chi connectivity index (χ4v) is 3.44. The molecule has 0 saturated heterocycles. The van der Waals surface area contributed by atoms with Crippen molar-refractivity contribution in [1.29, 1.82) is 0 Å². The van der Waals surface area contributed by atoms with Gasteiger partial charge >= 0.3 is 0 Å². The number of halogens is 3. The van der Waals surface area contributed by atoms with E-state index in [4.69, 9.17) is 39.5 Å². The molecule has 0 atom stereocenters. The molecule has 0 unspecified atom stereocenters. The largest absolute Gasteiger partial charge is 0.494 e.